The molecule has 1 aromatic carbocycles. The number of aromatic nitrogens is 3. The first-order valence-electron chi connectivity index (χ1n) is 8.92. The van der Waals surface area contributed by atoms with E-state index in [9.17, 15) is 14.0 Å². The fraction of sp³-hybridized carbons (Fsp3) is 0.263. The number of fused-ring (bicyclic) bond motifs is 1. The van der Waals surface area contributed by atoms with E-state index in [4.69, 9.17) is 4.52 Å². The van der Waals surface area contributed by atoms with E-state index in [1.165, 1.54) is 18.2 Å². The Hall–Kier alpha value is -3.49. The van der Waals surface area contributed by atoms with Crippen molar-refractivity contribution in [2.45, 2.75) is 32.7 Å². The molecule has 0 unspecified atom stereocenters. The van der Waals surface area contributed by atoms with Crippen molar-refractivity contribution >= 4 is 23.3 Å². The molecule has 0 saturated carbocycles. The third-order valence-electron chi connectivity index (χ3n) is 4.49. The van der Waals surface area contributed by atoms with Crippen LogP contribution in [0.1, 0.15) is 45.4 Å². The van der Waals surface area contributed by atoms with Crippen LogP contribution < -0.4 is 10.6 Å². The van der Waals surface area contributed by atoms with Crippen LogP contribution >= 0.6 is 0 Å². The molecule has 0 fully saturated rings. The summed E-state index contributed by atoms with van der Waals surface area (Å²) in [5.74, 6) is -0.418. The van der Waals surface area contributed by atoms with Gasteiger partial charge in [-0.3, -0.25) is 9.59 Å². The molecule has 0 spiro atoms. The lowest BCUT2D eigenvalue weighted by Gasteiger charge is -2.16. The van der Waals surface area contributed by atoms with Crippen LogP contribution in [0.5, 0.6) is 0 Å². The zero-order valence-electron chi connectivity index (χ0n) is 15.2. The van der Waals surface area contributed by atoms with Crippen LogP contribution in [0, 0.1) is 12.7 Å². The van der Waals surface area contributed by atoms with Crippen LogP contribution in [-0.2, 0) is 13.0 Å². The standard InChI is InChI=1S/C19H18FN5O3/c1-11-9-15(24-28-11)22-19(27)17-23-16(14-7-2-3-8-25(14)17)18(26)21-13-6-4-5-12(20)10-13/h4-6,9-10H,2-3,7-8H2,1H3,(H,21,26)(H,22,24,27). The maximum absolute atomic E-state index is 13.4. The molecule has 3 heterocycles. The first-order valence-corrected chi connectivity index (χ1v) is 8.92. The van der Waals surface area contributed by atoms with Gasteiger partial charge in [-0.15, -0.1) is 0 Å². The number of carbonyl (C=O) groups excluding carboxylic acids is 2. The summed E-state index contributed by atoms with van der Waals surface area (Å²) in [5, 5.41) is 9.01. The number of benzene rings is 1. The van der Waals surface area contributed by atoms with E-state index >= 15 is 0 Å². The number of nitrogens with zero attached hydrogens (tertiary/aromatic N) is 3. The minimum atomic E-state index is -0.479. The van der Waals surface area contributed by atoms with Gasteiger partial charge in [0.25, 0.3) is 11.8 Å². The van der Waals surface area contributed by atoms with E-state index in [-0.39, 0.29) is 17.3 Å². The van der Waals surface area contributed by atoms with Gasteiger partial charge in [0.05, 0.1) is 5.69 Å². The minimum absolute atomic E-state index is 0.139. The molecule has 0 radical (unpaired) electrons. The number of halogens is 1. The summed E-state index contributed by atoms with van der Waals surface area (Å²) in [6.45, 7) is 2.31. The second-order valence-corrected chi connectivity index (χ2v) is 6.58. The Balaban J connectivity index is 1.63. The lowest BCUT2D eigenvalue weighted by molar-refractivity contribution is 0.101. The van der Waals surface area contributed by atoms with Gasteiger partial charge in [0.1, 0.15) is 11.6 Å². The smallest absolute Gasteiger partial charge is 0.292 e. The van der Waals surface area contributed by atoms with Crippen LogP contribution in [0.2, 0.25) is 0 Å². The van der Waals surface area contributed by atoms with E-state index in [0.29, 0.717) is 30.1 Å². The number of rotatable bonds is 4. The van der Waals surface area contributed by atoms with E-state index < -0.39 is 17.6 Å². The number of hydrogen-bond donors (Lipinski definition) is 2. The summed E-state index contributed by atoms with van der Waals surface area (Å²) >= 11 is 0. The summed E-state index contributed by atoms with van der Waals surface area (Å²) in [7, 11) is 0. The summed E-state index contributed by atoms with van der Waals surface area (Å²) in [6, 6.07) is 7.20. The lowest BCUT2D eigenvalue weighted by atomic mass is 10.1. The average molecular weight is 383 g/mol. The molecule has 2 N–H and O–H groups in total. The number of carbonyl (C=O) groups is 2. The Kier molecular flexibility index (Phi) is 4.64. The topological polar surface area (TPSA) is 102 Å². The SMILES string of the molecule is Cc1cc(NC(=O)c2nc(C(=O)Nc3cccc(F)c3)c3n2CCCC3)no1. The van der Waals surface area contributed by atoms with Crippen LogP contribution in [0.4, 0.5) is 15.9 Å². The maximum atomic E-state index is 13.4. The Morgan fingerprint density at radius 2 is 2.04 bits per heavy atom. The highest BCUT2D eigenvalue weighted by Crippen LogP contribution is 2.23. The number of anilines is 2. The van der Waals surface area contributed by atoms with Gasteiger partial charge in [-0.1, -0.05) is 11.2 Å². The molecule has 2 aromatic heterocycles. The van der Waals surface area contributed by atoms with E-state index in [0.717, 1.165) is 12.8 Å². The summed E-state index contributed by atoms with van der Waals surface area (Å²) in [5.41, 5.74) is 1.19. The number of hydrogen-bond acceptors (Lipinski definition) is 5. The summed E-state index contributed by atoms with van der Waals surface area (Å²) in [4.78, 5) is 29.7. The molecule has 144 valence electrons. The average Bonchev–Trinajstić information content (AvgIpc) is 3.25. The molecular formula is C19H18FN5O3. The Bertz CT molecular complexity index is 1060. The van der Waals surface area contributed by atoms with E-state index in [2.05, 4.69) is 20.8 Å². The molecule has 28 heavy (non-hydrogen) atoms. The van der Waals surface area contributed by atoms with Crippen LogP contribution in [0.25, 0.3) is 0 Å². The zero-order valence-corrected chi connectivity index (χ0v) is 15.2. The van der Waals surface area contributed by atoms with E-state index in [1.807, 2.05) is 0 Å². The monoisotopic (exact) mass is 383 g/mol. The van der Waals surface area contributed by atoms with Gasteiger partial charge < -0.3 is 19.7 Å². The van der Waals surface area contributed by atoms with Crippen molar-refractivity contribution in [1.29, 1.82) is 0 Å². The largest absolute Gasteiger partial charge is 0.360 e. The highest BCUT2D eigenvalue weighted by molar-refractivity contribution is 6.06. The van der Waals surface area contributed by atoms with Gasteiger partial charge in [0.15, 0.2) is 17.3 Å². The quantitative estimate of drug-likeness (QED) is 0.721. The Morgan fingerprint density at radius 1 is 1.18 bits per heavy atom. The first-order chi connectivity index (χ1) is 13.5. The molecule has 0 saturated heterocycles. The molecule has 4 rings (SSSR count). The lowest BCUT2D eigenvalue weighted by Crippen LogP contribution is -2.21. The number of aryl methyl sites for hydroxylation is 1. The van der Waals surface area contributed by atoms with Crippen molar-refractivity contribution in [2.75, 3.05) is 10.6 Å². The van der Waals surface area contributed by atoms with Gasteiger partial charge in [-0.05, 0) is 44.4 Å². The van der Waals surface area contributed by atoms with Crippen LogP contribution in [0.3, 0.4) is 0 Å². The van der Waals surface area contributed by atoms with Crippen LogP contribution in [-0.4, -0.2) is 26.5 Å². The second kappa shape index (κ2) is 7.26. The maximum Gasteiger partial charge on any atom is 0.292 e. The van der Waals surface area contributed by atoms with Crippen molar-refractivity contribution in [3.8, 4) is 0 Å². The van der Waals surface area contributed by atoms with Gasteiger partial charge >= 0.3 is 0 Å². The third-order valence-corrected chi connectivity index (χ3v) is 4.49. The van der Waals surface area contributed by atoms with Gasteiger partial charge in [-0.25, -0.2) is 9.37 Å². The Morgan fingerprint density at radius 3 is 2.79 bits per heavy atom. The number of nitrogens with one attached hydrogen (secondary N) is 2. The molecule has 2 amide bonds. The van der Waals surface area contributed by atoms with E-state index in [1.54, 1.807) is 23.6 Å². The molecule has 9 heteroatoms. The Labute approximate surface area is 159 Å². The third kappa shape index (κ3) is 3.51. The highest BCUT2D eigenvalue weighted by atomic mass is 19.1. The summed E-state index contributed by atoms with van der Waals surface area (Å²) in [6.07, 6.45) is 2.42. The fourth-order valence-electron chi connectivity index (χ4n) is 3.25. The number of imidazole rings is 1. The first kappa shape index (κ1) is 17.9. The fourth-order valence-corrected chi connectivity index (χ4v) is 3.25. The molecule has 0 atom stereocenters. The van der Waals surface area contributed by atoms with Crippen molar-refractivity contribution in [2.24, 2.45) is 0 Å². The minimum Gasteiger partial charge on any atom is -0.360 e. The van der Waals surface area contributed by atoms with Gasteiger partial charge in [0.2, 0.25) is 0 Å². The van der Waals surface area contributed by atoms with Crippen molar-refractivity contribution in [3.05, 3.63) is 59.1 Å². The molecule has 1 aliphatic rings. The predicted octanol–water partition coefficient (Wildman–Crippen LogP) is 3.16. The van der Waals surface area contributed by atoms with Crippen molar-refractivity contribution < 1.29 is 18.5 Å². The second-order valence-electron chi connectivity index (χ2n) is 6.58. The van der Waals surface area contributed by atoms with Crippen molar-refractivity contribution in [1.82, 2.24) is 14.7 Å². The van der Waals surface area contributed by atoms with Gasteiger partial charge in [0, 0.05) is 18.3 Å². The zero-order chi connectivity index (χ0) is 19.7. The molecular weight excluding hydrogens is 365 g/mol. The molecule has 0 bridgehead atoms. The summed E-state index contributed by atoms with van der Waals surface area (Å²) < 4.78 is 20.1. The predicted molar refractivity (Wildman–Crippen MR) is 98.7 cm³/mol. The van der Waals surface area contributed by atoms with Gasteiger partial charge in [-0.2, -0.15) is 0 Å². The normalized spacial score (nSPS) is 13.1. The molecule has 3 aromatic rings. The molecule has 1 aliphatic heterocycles. The number of amides is 2. The highest BCUT2D eigenvalue weighted by Gasteiger charge is 2.28. The molecule has 0 aliphatic carbocycles. The van der Waals surface area contributed by atoms with Crippen molar-refractivity contribution in [3.63, 3.8) is 0 Å². The van der Waals surface area contributed by atoms with Crippen LogP contribution in [0.15, 0.2) is 34.9 Å². The molecule has 8 nitrogen and oxygen atoms in total.